The second-order valence-corrected chi connectivity index (χ2v) is 8.76. The van der Waals surface area contributed by atoms with Gasteiger partial charge in [-0.2, -0.15) is 0 Å². The number of hydrogen-bond donors (Lipinski definition) is 2. The van der Waals surface area contributed by atoms with Crippen molar-refractivity contribution < 1.29 is 19.2 Å². The number of hydrogen-bond acceptors (Lipinski definition) is 3. The molecule has 4 rings (SSSR count). The molecule has 2 aromatic carbocycles. The largest absolute Gasteiger partial charge is 0.490 e. The summed E-state index contributed by atoms with van der Waals surface area (Å²) in [6, 6.07) is 10.7. The third kappa shape index (κ3) is 4.17. The maximum Gasteiger partial charge on any atom is 0.282 e. The predicted octanol–water partition coefficient (Wildman–Crippen LogP) is 3.52. The monoisotopic (exact) mass is 409 g/mol. The van der Waals surface area contributed by atoms with Crippen LogP contribution in [0.4, 0.5) is 5.69 Å². The molecule has 1 fully saturated rings. The van der Waals surface area contributed by atoms with E-state index in [0.717, 1.165) is 54.1 Å². The van der Waals surface area contributed by atoms with Crippen LogP contribution in [0.5, 0.6) is 11.5 Å². The van der Waals surface area contributed by atoms with Crippen LogP contribution in [0, 0.1) is 20.8 Å². The summed E-state index contributed by atoms with van der Waals surface area (Å²) in [5.41, 5.74) is 5.63. The van der Waals surface area contributed by atoms with E-state index in [1.165, 1.54) is 16.0 Å². The van der Waals surface area contributed by atoms with Crippen LogP contribution >= 0.6 is 0 Å². The maximum atomic E-state index is 13.2. The first-order valence-electron chi connectivity index (χ1n) is 11.1. The van der Waals surface area contributed by atoms with Crippen LogP contribution in [0.25, 0.3) is 0 Å². The average molecular weight is 410 g/mol. The number of nitrogens with one attached hydrogen (secondary N) is 2. The number of likely N-dealkylation sites (tertiary alicyclic amines) is 1. The molecule has 30 heavy (non-hydrogen) atoms. The second kappa shape index (κ2) is 8.68. The number of quaternary nitrogens is 1. The zero-order valence-electron chi connectivity index (χ0n) is 18.5. The van der Waals surface area contributed by atoms with Gasteiger partial charge in [0.2, 0.25) is 0 Å². The lowest BCUT2D eigenvalue weighted by Gasteiger charge is -2.28. The summed E-state index contributed by atoms with van der Waals surface area (Å²) in [7, 11) is 0. The minimum atomic E-state index is -0.131. The zero-order valence-corrected chi connectivity index (χ0v) is 18.5. The molecule has 5 heteroatoms. The lowest BCUT2D eigenvalue weighted by atomic mass is 10.0. The second-order valence-electron chi connectivity index (χ2n) is 8.76. The van der Waals surface area contributed by atoms with E-state index in [1.807, 2.05) is 13.0 Å². The third-order valence-corrected chi connectivity index (χ3v) is 6.45. The van der Waals surface area contributed by atoms with Gasteiger partial charge in [0.15, 0.2) is 17.5 Å². The van der Waals surface area contributed by atoms with E-state index in [4.69, 9.17) is 9.47 Å². The number of ether oxygens (including phenoxy) is 2. The molecule has 2 aliphatic heterocycles. The molecule has 0 spiro atoms. The highest BCUT2D eigenvalue weighted by molar-refractivity contribution is 5.95. The van der Waals surface area contributed by atoms with Gasteiger partial charge in [0.1, 0.15) is 6.04 Å². The Hall–Kier alpha value is -2.53. The van der Waals surface area contributed by atoms with Gasteiger partial charge in [0.25, 0.3) is 5.91 Å². The molecule has 0 bridgehead atoms. The van der Waals surface area contributed by atoms with Gasteiger partial charge in [0, 0.05) is 30.5 Å². The number of carbonyl (C=O) groups excluding carboxylic acids is 1. The summed E-state index contributed by atoms with van der Waals surface area (Å²) in [5, 5.41) is 3.21. The van der Waals surface area contributed by atoms with Crippen LogP contribution in [0.2, 0.25) is 0 Å². The first-order valence-corrected chi connectivity index (χ1v) is 11.1. The van der Waals surface area contributed by atoms with Crippen molar-refractivity contribution >= 4 is 11.6 Å². The highest BCUT2D eigenvalue weighted by Gasteiger charge is 2.37. The fraction of sp³-hybridized carbons (Fsp3) is 0.480. The van der Waals surface area contributed by atoms with Crippen LogP contribution in [-0.2, 0) is 4.79 Å². The van der Waals surface area contributed by atoms with Crippen molar-refractivity contribution in [3.8, 4) is 11.5 Å². The lowest BCUT2D eigenvalue weighted by molar-refractivity contribution is -0.932. The van der Waals surface area contributed by atoms with E-state index in [2.05, 4.69) is 50.4 Å². The van der Waals surface area contributed by atoms with E-state index < -0.39 is 0 Å². The molecular weight excluding hydrogens is 376 g/mol. The van der Waals surface area contributed by atoms with Gasteiger partial charge in [-0.1, -0.05) is 17.7 Å². The Bertz CT molecular complexity index is 917. The molecule has 5 nitrogen and oxygen atoms in total. The summed E-state index contributed by atoms with van der Waals surface area (Å²) < 4.78 is 11.7. The molecule has 2 aliphatic rings. The fourth-order valence-electron chi connectivity index (χ4n) is 4.94. The van der Waals surface area contributed by atoms with Gasteiger partial charge < -0.3 is 19.7 Å². The van der Waals surface area contributed by atoms with Gasteiger partial charge in [0.05, 0.1) is 19.8 Å². The number of fused-ring (bicyclic) bond motifs is 1. The SMILES string of the molecule is Cc1cc(C)c(NC(=O)[C@@H](C)[NH+]2CCC[C@@H]2c2ccc3c(c2)OCCCO3)c(C)c1. The van der Waals surface area contributed by atoms with E-state index in [1.54, 1.807) is 0 Å². The molecule has 1 unspecified atom stereocenters. The van der Waals surface area contributed by atoms with Crippen LogP contribution in [0.3, 0.4) is 0 Å². The highest BCUT2D eigenvalue weighted by Crippen LogP contribution is 2.33. The molecule has 0 radical (unpaired) electrons. The average Bonchev–Trinajstić information content (AvgIpc) is 3.08. The van der Waals surface area contributed by atoms with Crippen molar-refractivity contribution in [1.29, 1.82) is 0 Å². The van der Waals surface area contributed by atoms with Gasteiger partial charge in [-0.3, -0.25) is 4.79 Å². The lowest BCUT2D eigenvalue weighted by Crippen LogP contribution is -3.15. The molecule has 2 heterocycles. The molecule has 160 valence electrons. The molecule has 0 aliphatic carbocycles. The number of benzene rings is 2. The van der Waals surface area contributed by atoms with E-state index in [-0.39, 0.29) is 11.9 Å². The van der Waals surface area contributed by atoms with Crippen molar-refractivity contribution in [1.82, 2.24) is 0 Å². The summed E-state index contributed by atoms with van der Waals surface area (Å²) in [6.45, 7) is 10.6. The number of aryl methyl sites for hydroxylation is 3. The van der Waals surface area contributed by atoms with Crippen molar-refractivity contribution in [3.05, 3.63) is 52.6 Å². The first kappa shape index (κ1) is 20.7. The Kier molecular flexibility index (Phi) is 6.00. The summed E-state index contributed by atoms with van der Waals surface area (Å²) in [4.78, 5) is 14.5. The number of amides is 1. The third-order valence-electron chi connectivity index (χ3n) is 6.45. The topological polar surface area (TPSA) is 52.0 Å². The summed E-state index contributed by atoms with van der Waals surface area (Å²) in [5.74, 6) is 1.74. The molecule has 1 saturated heterocycles. The predicted molar refractivity (Wildman–Crippen MR) is 119 cm³/mol. The molecule has 0 aromatic heterocycles. The standard InChI is InChI=1S/C25H32N2O3/c1-16-13-17(2)24(18(3)14-16)26-25(28)19(4)27-10-5-7-21(27)20-8-9-22-23(15-20)30-12-6-11-29-22/h8-9,13-15,19,21H,5-7,10-12H2,1-4H3,(H,26,28)/p+1/t19-,21-/m1/s1. The normalized spacial score (nSPS) is 21.7. The van der Waals surface area contributed by atoms with Crippen LogP contribution in [0.15, 0.2) is 30.3 Å². The molecular formula is C25H33N2O3+. The first-order chi connectivity index (χ1) is 14.4. The van der Waals surface area contributed by atoms with Gasteiger partial charge >= 0.3 is 0 Å². The van der Waals surface area contributed by atoms with Crippen molar-refractivity contribution in [2.45, 2.75) is 59.0 Å². The highest BCUT2D eigenvalue weighted by atomic mass is 16.5. The smallest absolute Gasteiger partial charge is 0.282 e. The number of anilines is 1. The minimum Gasteiger partial charge on any atom is -0.490 e. The van der Waals surface area contributed by atoms with E-state index >= 15 is 0 Å². The number of rotatable bonds is 4. The quantitative estimate of drug-likeness (QED) is 0.812. The fourth-order valence-corrected chi connectivity index (χ4v) is 4.94. The zero-order chi connectivity index (χ0) is 21.3. The van der Waals surface area contributed by atoms with Crippen LogP contribution < -0.4 is 19.7 Å². The molecule has 2 aromatic rings. The number of carbonyl (C=O) groups is 1. The Morgan fingerprint density at radius 2 is 1.73 bits per heavy atom. The van der Waals surface area contributed by atoms with Crippen LogP contribution in [0.1, 0.15) is 54.5 Å². The Balaban J connectivity index is 1.52. The van der Waals surface area contributed by atoms with Crippen LogP contribution in [-0.4, -0.2) is 31.7 Å². The van der Waals surface area contributed by atoms with Crippen molar-refractivity contribution in [2.24, 2.45) is 0 Å². The summed E-state index contributed by atoms with van der Waals surface area (Å²) in [6.07, 6.45) is 3.10. The Morgan fingerprint density at radius 1 is 1.03 bits per heavy atom. The molecule has 0 saturated carbocycles. The van der Waals surface area contributed by atoms with Gasteiger partial charge in [-0.05, 0) is 57.0 Å². The van der Waals surface area contributed by atoms with Gasteiger partial charge in [-0.15, -0.1) is 0 Å². The molecule has 2 N–H and O–H groups in total. The van der Waals surface area contributed by atoms with Crippen molar-refractivity contribution in [2.75, 3.05) is 25.1 Å². The maximum absolute atomic E-state index is 13.2. The van der Waals surface area contributed by atoms with E-state index in [0.29, 0.717) is 19.3 Å². The Morgan fingerprint density at radius 3 is 2.47 bits per heavy atom. The molecule has 3 atom stereocenters. The van der Waals surface area contributed by atoms with E-state index in [9.17, 15) is 4.79 Å². The minimum absolute atomic E-state index is 0.0845. The summed E-state index contributed by atoms with van der Waals surface area (Å²) >= 11 is 0. The van der Waals surface area contributed by atoms with Gasteiger partial charge in [-0.25, -0.2) is 0 Å². The Labute approximate surface area is 179 Å². The van der Waals surface area contributed by atoms with Crippen molar-refractivity contribution in [3.63, 3.8) is 0 Å². The molecule has 1 amide bonds.